The minimum Gasteiger partial charge on any atom is -0.504 e. The molecule has 0 aliphatic carbocycles. The van der Waals surface area contributed by atoms with E-state index < -0.39 is 5.82 Å². The average molecular weight is 316 g/mol. The Kier molecular flexibility index (Phi) is 4.57. The molecule has 0 aliphatic rings. The number of hydrogen-bond donors (Lipinski definition) is 2. The van der Waals surface area contributed by atoms with E-state index in [1.165, 1.54) is 19.2 Å². The van der Waals surface area contributed by atoms with Crippen molar-refractivity contribution in [3.63, 3.8) is 0 Å². The lowest BCUT2D eigenvalue weighted by molar-refractivity contribution is 0.373. The lowest BCUT2D eigenvalue weighted by Crippen LogP contribution is -2.01. The van der Waals surface area contributed by atoms with Crippen molar-refractivity contribution in [2.75, 3.05) is 12.4 Å². The van der Waals surface area contributed by atoms with Crippen LogP contribution in [0.3, 0.4) is 0 Å². The molecule has 2 aromatic carbocycles. The third-order valence-electron chi connectivity index (χ3n) is 2.72. The van der Waals surface area contributed by atoms with Gasteiger partial charge in [0.25, 0.3) is 0 Å². The molecule has 0 fully saturated rings. The van der Waals surface area contributed by atoms with Crippen molar-refractivity contribution in [1.82, 2.24) is 0 Å². The molecule has 2 aromatic rings. The summed E-state index contributed by atoms with van der Waals surface area (Å²) in [6.07, 6.45) is 0. The van der Waals surface area contributed by atoms with Gasteiger partial charge in [0.05, 0.1) is 22.8 Å². The number of hydrogen-bond acceptors (Lipinski definition) is 3. The molecule has 0 amide bonds. The van der Waals surface area contributed by atoms with Crippen LogP contribution in [0.2, 0.25) is 10.0 Å². The molecule has 0 aromatic heterocycles. The van der Waals surface area contributed by atoms with Crippen LogP contribution < -0.4 is 10.1 Å². The van der Waals surface area contributed by atoms with E-state index >= 15 is 0 Å². The first-order chi connectivity index (χ1) is 9.51. The molecule has 2 N–H and O–H groups in total. The number of nitrogens with one attached hydrogen (secondary N) is 1. The zero-order chi connectivity index (χ0) is 14.7. The highest BCUT2D eigenvalue weighted by atomic mass is 35.5. The molecule has 0 radical (unpaired) electrons. The molecule has 3 nitrogen and oxygen atoms in total. The summed E-state index contributed by atoms with van der Waals surface area (Å²) in [6, 6.07) is 7.37. The zero-order valence-corrected chi connectivity index (χ0v) is 12.1. The number of phenols is 1. The van der Waals surface area contributed by atoms with E-state index in [1.807, 2.05) is 0 Å². The van der Waals surface area contributed by atoms with Crippen LogP contribution in [0.25, 0.3) is 0 Å². The van der Waals surface area contributed by atoms with Crippen LogP contribution in [-0.2, 0) is 6.54 Å². The lowest BCUT2D eigenvalue weighted by Gasteiger charge is -2.11. The number of aromatic hydroxyl groups is 1. The Labute approximate surface area is 125 Å². The normalized spacial score (nSPS) is 10.4. The highest BCUT2D eigenvalue weighted by Crippen LogP contribution is 2.32. The maximum atomic E-state index is 13.1. The van der Waals surface area contributed by atoms with Gasteiger partial charge in [0.15, 0.2) is 11.5 Å². The van der Waals surface area contributed by atoms with E-state index in [9.17, 15) is 9.50 Å². The highest BCUT2D eigenvalue weighted by Gasteiger charge is 2.09. The van der Waals surface area contributed by atoms with Gasteiger partial charge in [-0.15, -0.1) is 0 Å². The summed E-state index contributed by atoms with van der Waals surface area (Å²) < 4.78 is 18.0. The Morgan fingerprint density at radius 1 is 1.20 bits per heavy atom. The molecule has 0 bridgehead atoms. The molecule has 106 valence electrons. The Morgan fingerprint density at radius 2 is 1.85 bits per heavy atom. The van der Waals surface area contributed by atoms with Gasteiger partial charge in [-0.2, -0.15) is 0 Å². The highest BCUT2D eigenvalue weighted by molar-refractivity contribution is 6.39. The molecule has 6 heteroatoms. The van der Waals surface area contributed by atoms with Crippen molar-refractivity contribution in [1.29, 1.82) is 0 Å². The fraction of sp³-hybridized carbons (Fsp3) is 0.143. The number of benzene rings is 2. The predicted molar refractivity (Wildman–Crippen MR) is 78.4 cm³/mol. The molecule has 0 saturated heterocycles. The summed E-state index contributed by atoms with van der Waals surface area (Å²) in [7, 11) is 1.48. The molecule has 0 atom stereocenters. The van der Waals surface area contributed by atoms with Crippen molar-refractivity contribution < 1.29 is 14.2 Å². The second kappa shape index (κ2) is 6.20. The number of methoxy groups -OCH3 is 1. The molecule has 20 heavy (non-hydrogen) atoms. The average Bonchev–Trinajstić information content (AvgIpc) is 2.37. The summed E-state index contributed by atoms with van der Waals surface area (Å²) >= 11 is 11.8. The van der Waals surface area contributed by atoms with E-state index in [0.29, 0.717) is 18.0 Å². The molecule has 0 unspecified atom stereocenters. The maximum Gasteiger partial charge on any atom is 0.160 e. The van der Waals surface area contributed by atoms with E-state index in [-0.39, 0.29) is 15.8 Å². The van der Waals surface area contributed by atoms with E-state index in [0.717, 1.165) is 5.56 Å². The summed E-state index contributed by atoms with van der Waals surface area (Å²) in [5, 5.41) is 13.1. The predicted octanol–water partition coefficient (Wildman–Crippen LogP) is 4.46. The zero-order valence-electron chi connectivity index (χ0n) is 10.6. The lowest BCUT2D eigenvalue weighted by atomic mass is 10.2. The Hall–Kier alpha value is -1.65. The van der Waals surface area contributed by atoms with Crippen LogP contribution in [0.1, 0.15) is 5.56 Å². The van der Waals surface area contributed by atoms with Gasteiger partial charge in [-0.05, 0) is 29.8 Å². The number of ether oxygens (including phenoxy) is 1. The van der Waals surface area contributed by atoms with Gasteiger partial charge in [-0.3, -0.25) is 0 Å². The monoisotopic (exact) mass is 315 g/mol. The first-order valence-corrected chi connectivity index (χ1v) is 6.51. The molecular formula is C14H12Cl2FNO2. The second-order valence-corrected chi connectivity index (χ2v) is 4.92. The van der Waals surface area contributed by atoms with Crippen molar-refractivity contribution in [2.45, 2.75) is 6.54 Å². The van der Waals surface area contributed by atoms with Gasteiger partial charge >= 0.3 is 0 Å². The van der Waals surface area contributed by atoms with Crippen molar-refractivity contribution in [3.05, 3.63) is 51.8 Å². The first kappa shape index (κ1) is 14.8. The minimum absolute atomic E-state index is 0.0445. The van der Waals surface area contributed by atoms with Gasteiger partial charge in [0.1, 0.15) is 5.82 Å². The van der Waals surface area contributed by atoms with Gasteiger partial charge in [-0.1, -0.05) is 29.3 Å². The summed E-state index contributed by atoms with van der Waals surface area (Å²) in [6.45, 7) is 0.378. The third-order valence-corrected chi connectivity index (χ3v) is 3.32. The van der Waals surface area contributed by atoms with Crippen LogP contribution in [0.5, 0.6) is 11.5 Å². The van der Waals surface area contributed by atoms with Crippen LogP contribution in [0.4, 0.5) is 10.1 Å². The molecule has 0 heterocycles. The smallest absolute Gasteiger partial charge is 0.160 e. The van der Waals surface area contributed by atoms with Crippen LogP contribution in [0.15, 0.2) is 30.3 Å². The SMILES string of the molecule is COc1ccc(CNc2c(Cl)cc(F)cc2Cl)cc1O. The summed E-state index contributed by atoms with van der Waals surface area (Å²) in [4.78, 5) is 0. The number of halogens is 3. The van der Waals surface area contributed by atoms with E-state index in [2.05, 4.69) is 5.32 Å². The number of anilines is 1. The first-order valence-electron chi connectivity index (χ1n) is 5.75. The van der Waals surface area contributed by atoms with Gasteiger partial charge < -0.3 is 15.2 Å². The molecule has 0 saturated carbocycles. The fourth-order valence-electron chi connectivity index (χ4n) is 1.75. The topological polar surface area (TPSA) is 41.5 Å². The van der Waals surface area contributed by atoms with Crippen LogP contribution in [-0.4, -0.2) is 12.2 Å². The standard InChI is InChI=1S/C14H12Cl2FNO2/c1-20-13-3-2-8(4-12(13)19)7-18-14-10(15)5-9(17)6-11(14)16/h2-6,18-19H,7H2,1H3. The van der Waals surface area contributed by atoms with E-state index in [1.54, 1.807) is 18.2 Å². The van der Waals surface area contributed by atoms with Gasteiger partial charge in [0.2, 0.25) is 0 Å². The van der Waals surface area contributed by atoms with Crippen molar-refractivity contribution in [2.24, 2.45) is 0 Å². The maximum absolute atomic E-state index is 13.1. The molecule has 2 rings (SSSR count). The summed E-state index contributed by atoms with van der Waals surface area (Å²) in [5.41, 5.74) is 1.25. The Bertz CT molecular complexity index is 612. The number of rotatable bonds is 4. The molecule has 0 aliphatic heterocycles. The molecular weight excluding hydrogens is 304 g/mol. The van der Waals surface area contributed by atoms with Gasteiger partial charge in [0, 0.05) is 6.54 Å². The number of phenolic OH excluding ortho intramolecular Hbond substituents is 1. The van der Waals surface area contributed by atoms with Gasteiger partial charge in [-0.25, -0.2) is 4.39 Å². The van der Waals surface area contributed by atoms with Crippen LogP contribution in [0, 0.1) is 5.82 Å². The molecule has 0 spiro atoms. The van der Waals surface area contributed by atoms with Crippen molar-refractivity contribution >= 4 is 28.9 Å². The second-order valence-electron chi connectivity index (χ2n) is 4.10. The van der Waals surface area contributed by atoms with E-state index in [4.69, 9.17) is 27.9 Å². The summed E-state index contributed by atoms with van der Waals surface area (Å²) in [5.74, 6) is -0.0534. The Morgan fingerprint density at radius 3 is 2.40 bits per heavy atom. The minimum atomic E-state index is -0.493. The van der Waals surface area contributed by atoms with Crippen molar-refractivity contribution in [3.8, 4) is 11.5 Å². The quantitative estimate of drug-likeness (QED) is 0.875. The Balaban J connectivity index is 2.15. The largest absolute Gasteiger partial charge is 0.504 e. The van der Waals surface area contributed by atoms with Crippen LogP contribution >= 0.6 is 23.2 Å². The fourth-order valence-corrected chi connectivity index (χ4v) is 2.34. The third kappa shape index (κ3) is 3.26.